The van der Waals surface area contributed by atoms with Crippen molar-refractivity contribution in [2.45, 2.75) is 31.9 Å². The van der Waals surface area contributed by atoms with Crippen LogP contribution in [0.4, 0.5) is 0 Å². The molecular formula is C19H21N3O5S2. The van der Waals surface area contributed by atoms with Crippen LogP contribution in [0.1, 0.15) is 39.0 Å². The maximum atomic E-state index is 12.4. The van der Waals surface area contributed by atoms with Gasteiger partial charge in [-0.3, -0.25) is 4.79 Å². The Morgan fingerprint density at radius 3 is 2.45 bits per heavy atom. The van der Waals surface area contributed by atoms with Crippen molar-refractivity contribution < 1.29 is 22.7 Å². The molecule has 0 spiro atoms. The van der Waals surface area contributed by atoms with E-state index < -0.39 is 16.0 Å². The minimum atomic E-state index is -3.57. The summed E-state index contributed by atoms with van der Waals surface area (Å²) in [6.45, 7) is 3.88. The van der Waals surface area contributed by atoms with Gasteiger partial charge in [-0.2, -0.15) is 0 Å². The Hall–Kier alpha value is -2.56. The number of fused-ring (bicyclic) bond motifs is 1. The monoisotopic (exact) mass is 435 g/mol. The summed E-state index contributed by atoms with van der Waals surface area (Å²) in [5, 5.41) is 0. The lowest BCUT2D eigenvalue weighted by Crippen LogP contribution is -2.22. The molecule has 29 heavy (non-hydrogen) atoms. The van der Waals surface area contributed by atoms with Crippen molar-refractivity contribution in [1.29, 1.82) is 0 Å². The molecule has 0 aliphatic rings. The molecule has 0 aliphatic heterocycles. The van der Waals surface area contributed by atoms with Gasteiger partial charge in [0.2, 0.25) is 10.0 Å². The third-order valence-electron chi connectivity index (χ3n) is 4.38. The molecule has 3 aromatic rings. The fourth-order valence-corrected chi connectivity index (χ4v) is 4.55. The molecule has 0 bridgehead atoms. The number of carbonyl (C=O) groups excluding carboxylic acids is 2. The Balaban J connectivity index is 1.87. The maximum absolute atomic E-state index is 12.4. The average Bonchev–Trinajstić information content (AvgIpc) is 3.30. The third-order valence-corrected chi connectivity index (χ3v) is 7.36. The molecule has 0 saturated carbocycles. The highest BCUT2D eigenvalue weighted by molar-refractivity contribution is 7.89. The number of rotatable bonds is 7. The average molecular weight is 436 g/mol. The molecule has 2 aromatic heterocycles. The van der Waals surface area contributed by atoms with E-state index in [0.717, 1.165) is 21.2 Å². The predicted octanol–water partition coefficient (Wildman–Crippen LogP) is 2.93. The lowest BCUT2D eigenvalue weighted by atomic mass is 10.3. The minimum absolute atomic E-state index is 0.0651. The Morgan fingerprint density at radius 1 is 1.17 bits per heavy atom. The number of hydrogen-bond acceptors (Lipinski definition) is 7. The summed E-state index contributed by atoms with van der Waals surface area (Å²) in [6, 6.07) is 7.91. The molecule has 154 valence electrons. The van der Waals surface area contributed by atoms with E-state index in [1.165, 1.54) is 33.2 Å². The highest BCUT2D eigenvalue weighted by atomic mass is 32.2. The first-order valence-electron chi connectivity index (χ1n) is 8.84. The Labute approximate surface area is 172 Å². The van der Waals surface area contributed by atoms with Crippen LogP contribution in [-0.4, -0.2) is 48.1 Å². The number of nitrogens with zero attached hydrogens (tertiary/aromatic N) is 3. The number of sulfonamides is 1. The van der Waals surface area contributed by atoms with Crippen LogP contribution in [0.15, 0.2) is 35.2 Å². The van der Waals surface area contributed by atoms with E-state index in [1.54, 1.807) is 18.2 Å². The summed E-state index contributed by atoms with van der Waals surface area (Å²) in [5.41, 5.74) is 1.27. The normalized spacial score (nSPS) is 11.9. The second-order valence-electron chi connectivity index (χ2n) is 6.51. The second-order valence-corrected chi connectivity index (χ2v) is 9.74. The van der Waals surface area contributed by atoms with Crippen molar-refractivity contribution in [2.75, 3.05) is 14.1 Å². The van der Waals surface area contributed by atoms with Crippen LogP contribution >= 0.6 is 11.3 Å². The Kier molecular flexibility index (Phi) is 5.87. The molecule has 0 N–H and O–H groups in total. The van der Waals surface area contributed by atoms with E-state index in [9.17, 15) is 18.0 Å². The number of esters is 1. The van der Waals surface area contributed by atoms with E-state index in [-0.39, 0.29) is 17.3 Å². The zero-order valence-corrected chi connectivity index (χ0v) is 18.1. The van der Waals surface area contributed by atoms with Gasteiger partial charge in [0.25, 0.3) is 0 Å². The number of aromatic nitrogens is 2. The molecule has 0 radical (unpaired) electrons. The largest absolute Gasteiger partial charge is 0.453 e. The summed E-state index contributed by atoms with van der Waals surface area (Å²) >= 11 is 1.08. The van der Waals surface area contributed by atoms with E-state index in [0.29, 0.717) is 27.6 Å². The topological polar surface area (TPSA) is 98.6 Å². The van der Waals surface area contributed by atoms with E-state index in [1.807, 2.05) is 11.5 Å². The summed E-state index contributed by atoms with van der Waals surface area (Å²) in [6.07, 6.45) is 0. The van der Waals surface area contributed by atoms with Crippen molar-refractivity contribution in [3.63, 3.8) is 0 Å². The highest BCUT2D eigenvalue weighted by Crippen LogP contribution is 2.23. The zero-order chi connectivity index (χ0) is 21.3. The van der Waals surface area contributed by atoms with Crippen molar-refractivity contribution in [1.82, 2.24) is 13.9 Å². The lowest BCUT2D eigenvalue weighted by Gasteiger charge is -2.11. The van der Waals surface area contributed by atoms with Crippen LogP contribution in [-0.2, 0) is 27.9 Å². The van der Waals surface area contributed by atoms with E-state index in [2.05, 4.69) is 4.98 Å². The second kappa shape index (κ2) is 8.05. The standard InChI is InChI=1S/C19H21N3O5S2/c1-5-22-15-7-6-13(29(25,26)21(3)4)10-14(15)20-18(22)11-27-19(24)17-9-8-16(28-17)12(2)23/h6-10H,5,11H2,1-4H3. The summed E-state index contributed by atoms with van der Waals surface area (Å²) in [7, 11) is -0.634. The first kappa shape index (κ1) is 21.2. The molecule has 10 heteroatoms. The summed E-state index contributed by atoms with van der Waals surface area (Å²) in [5.74, 6) is -0.128. The van der Waals surface area contributed by atoms with Crippen LogP contribution in [0, 0.1) is 0 Å². The zero-order valence-electron chi connectivity index (χ0n) is 16.5. The molecule has 0 aliphatic carbocycles. The molecule has 0 saturated heterocycles. The number of benzene rings is 1. The number of ketones is 1. The first-order valence-corrected chi connectivity index (χ1v) is 11.1. The Bertz CT molecular complexity index is 1190. The van der Waals surface area contributed by atoms with Gasteiger partial charge in [0.1, 0.15) is 17.3 Å². The maximum Gasteiger partial charge on any atom is 0.348 e. The van der Waals surface area contributed by atoms with E-state index >= 15 is 0 Å². The molecule has 8 nitrogen and oxygen atoms in total. The fourth-order valence-electron chi connectivity index (χ4n) is 2.83. The fraction of sp³-hybridized carbons (Fsp3) is 0.316. The number of thiophene rings is 1. The highest BCUT2D eigenvalue weighted by Gasteiger charge is 2.20. The van der Waals surface area contributed by atoms with Crippen LogP contribution < -0.4 is 0 Å². The molecule has 0 unspecified atom stereocenters. The number of Topliss-reactive ketones (excluding diaryl/α,β-unsaturated/α-hetero) is 1. The van der Waals surface area contributed by atoms with E-state index in [4.69, 9.17) is 4.74 Å². The van der Waals surface area contributed by atoms with Gasteiger partial charge >= 0.3 is 5.97 Å². The van der Waals surface area contributed by atoms with Crippen molar-refractivity contribution >= 4 is 44.1 Å². The van der Waals surface area contributed by atoms with Gasteiger partial charge in [0, 0.05) is 20.6 Å². The van der Waals surface area contributed by atoms with Gasteiger partial charge < -0.3 is 9.30 Å². The third kappa shape index (κ3) is 4.09. The number of hydrogen-bond donors (Lipinski definition) is 0. The quantitative estimate of drug-likeness (QED) is 0.418. The van der Waals surface area contributed by atoms with Crippen LogP contribution in [0.2, 0.25) is 0 Å². The van der Waals surface area contributed by atoms with Gasteiger partial charge in [-0.25, -0.2) is 22.5 Å². The predicted molar refractivity (Wildman–Crippen MR) is 110 cm³/mol. The van der Waals surface area contributed by atoms with Crippen molar-refractivity contribution in [2.24, 2.45) is 0 Å². The molecule has 3 rings (SSSR count). The molecule has 0 atom stereocenters. The number of aryl methyl sites for hydroxylation is 1. The van der Waals surface area contributed by atoms with Crippen LogP contribution in [0.5, 0.6) is 0 Å². The van der Waals surface area contributed by atoms with Crippen LogP contribution in [0.25, 0.3) is 11.0 Å². The van der Waals surface area contributed by atoms with Crippen molar-refractivity contribution in [3.05, 3.63) is 45.9 Å². The number of imidazole rings is 1. The van der Waals surface area contributed by atoms with Gasteiger partial charge in [-0.05, 0) is 44.2 Å². The molecular weight excluding hydrogens is 414 g/mol. The summed E-state index contributed by atoms with van der Waals surface area (Å²) in [4.78, 5) is 29.1. The van der Waals surface area contributed by atoms with Gasteiger partial charge in [-0.15, -0.1) is 11.3 Å². The van der Waals surface area contributed by atoms with Gasteiger partial charge in [0.15, 0.2) is 5.78 Å². The SMILES string of the molecule is CCn1c(COC(=O)c2ccc(C(C)=O)s2)nc2cc(S(=O)(=O)N(C)C)ccc21. The lowest BCUT2D eigenvalue weighted by molar-refractivity contribution is 0.0464. The smallest absolute Gasteiger partial charge is 0.348 e. The molecule has 0 amide bonds. The van der Waals surface area contributed by atoms with Gasteiger partial charge in [-0.1, -0.05) is 0 Å². The minimum Gasteiger partial charge on any atom is -0.453 e. The summed E-state index contributed by atoms with van der Waals surface area (Å²) < 4.78 is 33.1. The van der Waals surface area contributed by atoms with Crippen molar-refractivity contribution in [3.8, 4) is 0 Å². The molecule has 2 heterocycles. The number of ether oxygens (including phenoxy) is 1. The first-order chi connectivity index (χ1) is 13.6. The Morgan fingerprint density at radius 2 is 1.86 bits per heavy atom. The molecule has 0 fully saturated rings. The molecule has 1 aromatic carbocycles. The number of carbonyl (C=O) groups is 2. The van der Waals surface area contributed by atoms with Crippen LogP contribution in [0.3, 0.4) is 0 Å². The van der Waals surface area contributed by atoms with Gasteiger partial charge in [0.05, 0.1) is 20.8 Å².